The first-order chi connectivity index (χ1) is 13.2. The molecule has 0 saturated carbocycles. The molecule has 0 spiro atoms. The molecule has 1 fully saturated rings. The Hall–Kier alpha value is -2.59. The fourth-order valence-electron chi connectivity index (χ4n) is 3.72. The smallest absolute Gasteiger partial charge is 0.253 e. The molecule has 1 aliphatic rings. The molecule has 4 rings (SSSR count). The van der Waals surface area contributed by atoms with Crippen LogP contribution in [0.15, 0.2) is 67.0 Å². The van der Waals surface area contributed by atoms with Gasteiger partial charge in [0.2, 0.25) is 0 Å². The highest BCUT2D eigenvalue weighted by atomic mass is 35.5. The molecule has 0 bridgehead atoms. The molecule has 0 N–H and O–H groups in total. The Kier molecular flexibility index (Phi) is 5.26. The molecule has 2 heterocycles. The van der Waals surface area contributed by atoms with Crippen LogP contribution in [0, 0.1) is 0 Å². The minimum absolute atomic E-state index is 0.0878. The summed E-state index contributed by atoms with van der Waals surface area (Å²) in [6.07, 6.45) is 6.88. The van der Waals surface area contributed by atoms with Crippen LogP contribution in [-0.4, -0.2) is 33.7 Å². The standard InChI is InChI=1S/C22H22ClN3O/c23-20-10-8-17(9-11-20)19-5-1-2-13-25(16-19)22(27)18-6-3-7-21(15-18)26-14-4-12-24-26/h3-4,6-12,14-15,19H,1-2,5,13,16H2/t19-/m0/s1. The van der Waals surface area contributed by atoms with Gasteiger partial charge in [0, 0.05) is 42.0 Å². The first-order valence-corrected chi connectivity index (χ1v) is 9.73. The molecule has 1 amide bonds. The van der Waals surface area contributed by atoms with E-state index in [0.717, 1.165) is 43.1 Å². The van der Waals surface area contributed by atoms with Crippen LogP contribution in [0.1, 0.15) is 41.1 Å². The van der Waals surface area contributed by atoms with Gasteiger partial charge < -0.3 is 4.90 Å². The maximum absolute atomic E-state index is 13.2. The number of nitrogens with zero attached hydrogens (tertiary/aromatic N) is 3. The summed E-state index contributed by atoms with van der Waals surface area (Å²) in [5, 5.41) is 5.00. The highest BCUT2D eigenvalue weighted by molar-refractivity contribution is 6.30. The lowest BCUT2D eigenvalue weighted by molar-refractivity contribution is 0.0754. The van der Waals surface area contributed by atoms with E-state index in [9.17, 15) is 4.79 Å². The van der Waals surface area contributed by atoms with Gasteiger partial charge in [0.1, 0.15) is 0 Å². The highest BCUT2D eigenvalue weighted by Gasteiger charge is 2.24. The molecule has 2 aromatic carbocycles. The minimum atomic E-state index is 0.0878. The fourth-order valence-corrected chi connectivity index (χ4v) is 3.85. The third-order valence-electron chi connectivity index (χ3n) is 5.16. The number of hydrogen-bond acceptors (Lipinski definition) is 2. The van der Waals surface area contributed by atoms with Gasteiger partial charge in [0.15, 0.2) is 0 Å². The largest absolute Gasteiger partial charge is 0.338 e. The summed E-state index contributed by atoms with van der Waals surface area (Å²) >= 11 is 6.03. The van der Waals surface area contributed by atoms with Gasteiger partial charge in [-0.2, -0.15) is 5.10 Å². The molecule has 1 atom stereocenters. The zero-order valence-electron chi connectivity index (χ0n) is 15.1. The van der Waals surface area contributed by atoms with Crippen LogP contribution >= 0.6 is 11.6 Å². The Bertz CT molecular complexity index is 906. The zero-order valence-corrected chi connectivity index (χ0v) is 15.8. The van der Waals surface area contributed by atoms with Crippen molar-refractivity contribution in [1.29, 1.82) is 0 Å². The monoisotopic (exact) mass is 379 g/mol. The predicted octanol–water partition coefficient (Wildman–Crippen LogP) is 4.94. The van der Waals surface area contributed by atoms with Crippen LogP contribution in [0.25, 0.3) is 5.69 Å². The van der Waals surface area contributed by atoms with Gasteiger partial charge in [-0.05, 0) is 54.8 Å². The van der Waals surface area contributed by atoms with Crippen molar-refractivity contribution >= 4 is 17.5 Å². The number of amides is 1. The van der Waals surface area contributed by atoms with Crippen LogP contribution < -0.4 is 0 Å². The maximum Gasteiger partial charge on any atom is 0.253 e. The summed E-state index contributed by atoms with van der Waals surface area (Å²) in [4.78, 5) is 15.2. The summed E-state index contributed by atoms with van der Waals surface area (Å²) in [6.45, 7) is 1.54. The van der Waals surface area contributed by atoms with Crippen molar-refractivity contribution in [3.8, 4) is 5.69 Å². The lowest BCUT2D eigenvalue weighted by Gasteiger charge is -2.25. The number of benzene rings is 2. The van der Waals surface area contributed by atoms with Gasteiger partial charge in [-0.1, -0.05) is 36.2 Å². The van der Waals surface area contributed by atoms with Gasteiger partial charge >= 0.3 is 0 Å². The van der Waals surface area contributed by atoms with Crippen LogP contribution in [-0.2, 0) is 0 Å². The summed E-state index contributed by atoms with van der Waals surface area (Å²) in [6, 6.07) is 17.6. The van der Waals surface area contributed by atoms with E-state index in [1.54, 1.807) is 10.9 Å². The molecule has 0 aliphatic carbocycles. The van der Waals surface area contributed by atoms with E-state index >= 15 is 0 Å². The van der Waals surface area contributed by atoms with Crippen molar-refractivity contribution in [3.63, 3.8) is 0 Å². The topological polar surface area (TPSA) is 38.1 Å². The van der Waals surface area contributed by atoms with Crippen molar-refractivity contribution in [2.24, 2.45) is 0 Å². The number of aromatic nitrogens is 2. The lowest BCUT2D eigenvalue weighted by Crippen LogP contribution is -2.34. The number of rotatable bonds is 3. The van der Waals surface area contributed by atoms with E-state index in [0.29, 0.717) is 11.5 Å². The average Bonchev–Trinajstić information content (AvgIpc) is 3.13. The van der Waals surface area contributed by atoms with Crippen molar-refractivity contribution in [2.75, 3.05) is 13.1 Å². The van der Waals surface area contributed by atoms with E-state index in [1.165, 1.54) is 5.56 Å². The second kappa shape index (κ2) is 7.97. The minimum Gasteiger partial charge on any atom is -0.338 e. The van der Waals surface area contributed by atoms with Crippen molar-refractivity contribution in [1.82, 2.24) is 14.7 Å². The van der Waals surface area contributed by atoms with Crippen molar-refractivity contribution in [3.05, 3.63) is 83.1 Å². The Morgan fingerprint density at radius 1 is 1.07 bits per heavy atom. The molecule has 5 heteroatoms. The van der Waals surface area contributed by atoms with E-state index in [2.05, 4.69) is 17.2 Å². The molecular weight excluding hydrogens is 358 g/mol. The first kappa shape index (κ1) is 17.8. The van der Waals surface area contributed by atoms with E-state index < -0.39 is 0 Å². The molecule has 1 aromatic heterocycles. The molecule has 4 nitrogen and oxygen atoms in total. The van der Waals surface area contributed by atoms with Gasteiger partial charge in [-0.15, -0.1) is 0 Å². The number of carbonyl (C=O) groups excluding carboxylic acids is 1. The summed E-state index contributed by atoms with van der Waals surface area (Å²) < 4.78 is 1.77. The van der Waals surface area contributed by atoms with Crippen LogP contribution in [0.3, 0.4) is 0 Å². The summed E-state index contributed by atoms with van der Waals surface area (Å²) in [7, 11) is 0. The van der Waals surface area contributed by atoms with Crippen LogP contribution in [0.5, 0.6) is 0 Å². The molecule has 138 valence electrons. The third-order valence-corrected chi connectivity index (χ3v) is 5.41. The highest BCUT2D eigenvalue weighted by Crippen LogP contribution is 2.28. The first-order valence-electron chi connectivity index (χ1n) is 9.35. The Morgan fingerprint density at radius 3 is 2.70 bits per heavy atom. The predicted molar refractivity (Wildman–Crippen MR) is 108 cm³/mol. The maximum atomic E-state index is 13.2. The van der Waals surface area contributed by atoms with Gasteiger partial charge in [-0.3, -0.25) is 4.79 Å². The quantitative estimate of drug-likeness (QED) is 0.646. The number of hydrogen-bond donors (Lipinski definition) is 0. The van der Waals surface area contributed by atoms with E-state index in [4.69, 9.17) is 11.6 Å². The van der Waals surface area contributed by atoms with Crippen LogP contribution in [0.2, 0.25) is 5.02 Å². The van der Waals surface area contributed by atoms with Gasteiger partial charge in [-0.25, -0.2) is 4.68 Å². The molecular formula is C22H22ClN3O. The fraction of sp³-hybridized carbons (Fsp3) is 0.273. The van der Waals surface area contributed by atoms with Gasteiger partial charge in [0.05, 0.1) is 5.69 Å². The van der Waals surface area contributed by atoms with Gasteiger partial charge in [0.25, 0.3) is 5.91 Å². The Balaban J connectivity index is 1.55. The molecule has 1 aliphatic heterocycles. The lowest BCUT2D eigenvalue weighted by atomic mass is 9.94. The average molecular weight is 380 g/mol. The van der Waals surface area contributed by atoms with Crippen molar-refractivity contribution in [2.45, 2.75) is 25.2 Å². The SMILES string of the molecule is O=C(c1cccc(-n2cccn2)c1)N1CCCC[C@H](c2ccc(Cl)cc2)C1. The zero-order chi connectivity index (χ0) is 18.6. The normalized spacial score (nSPS) is 17.5. The second-order valence-corrected chi connectivity index (χ2v) is 7.43. The molecule has 1 saturated heterocycles. The molecule has 0 unspecified atom stereocenters. The van der Waals surface area contributed by atoms with E-state index in [1.807, 2.05) is 53.6 Å². The van der Waals surface area contributed by atoms with E-state index in [-0.39, 0.29) is 5.91 Å². The number of halogens is 1. The second-order valence-electron chi connectivity index (χ2n) is 7.00. The van der Waals surface area contributed by atoms with Crippen LogP contribution in [0.4, 0.5) is 0 Å². The number of likely N-dealkylation sites (tertiary alicyclic amines) is 1. The summed E-state index contributed by atoms with van der Waals surface area (Å²) in [5.74, 6) is 0.438. The molecule has 3 aromatic rings. The number of carbonyl (C=O) groups is 1. The molecule has 0 radical (unpaired) electrons. The van der Waals surface area contributed by atoms with Crippen molar-refractivity contribution < 1.29 is 4.79 Å². The molecule has 27 heavy (non-hydrogen) atoms. The Labute approximate surface area is 164 Å². The third kappa shape index (κ3) is 4.06. The Morgan fingerprint density at radius 2 is 1.93 bits per heavy atom. The summed E-state index contributed by atoms with van der Waals surface area (Å²) in [5.41, 5.74) is 2.86.